The lowest BCUT2D eigenvalue weighted by Gasteiger charge is -2.35. The van der Waals surface area contributed by atoms with Gasteiger partial charge in [0.2, 0.25) is 0 Å². The van der Waals surface area contributed by atoms with Gasteiger partial charge in [0.15, 0.2) is 0 Å². The monoisotopic (exact) mass is 498 g/mol. The molecule has 186 valence electrons. The molecule has 0 aromatic heterocycles. The lowest BCUT2D eigenvalue weighted by atomic mass is 9.96. The van der Waals surface area contributed by atoms with Crippen LogP contribution in [-0.4, -0.2) is 47.8 Å². The van der Waals surface area contributed by atoms with E-state index in [0.29, 0.717) is 23.1 Å². The number of carbonyl (C=O) groups excluding carboxylic acids is 2. The molecule has 35 heavy (non-hydrogen) atoms. The van der Waals surface area contributed by atoms with Crippen molar-refractivity contribution in [2.24, 2.45) is 11.8 Å². The van der Waals surface area contributed by atoms with Gasteiger partial charge in [-0.3, -0.25) is 19.7 Å². The second-order valence-electron chi connectivity index (χ2n) is 9.75. The molecule has 1 N–H and O–H groups in total. The van der Waals surface area contributed by atoms with Crippen LogP contribution in [0.25, 0.3) is 0 Å². The van der Waals surface area contributed by atoms with E-state index in [0.717, 1.165) is 63.6 Å². The van der Waals surface area contributed by atoms with E-state index in [9.17, 15) is 19.7 Å². The van der Waals surface area contributed by atoms with Crippen LogP contribution in [0.2, 0.25) is 5.02 Å². The molecule has 2 aliphatic heterocycles. The largest absolute Gasteiger partial charge is 0.371 e. The Labute approximate surface area is 210 Å². The molecule has 8 nitrogen and oxygen atoms in total. The zero-order chi connectivity index (χ0) is 25.1. The van der Waals surface area contributed by atoms with Crippen molar-refractivity contribution in [3.05, 3.63) is 62.7 Å². The third-order valence-electron chi connectivity index (χ3n) is 7.09. The summed E-state index contributed by atoms with van der Waals surface area (Å²) < 4.78 is 0. The van der Waals surface area contributed by atoms with Crippen molar-refractivity contribution in [3.8, 4) is 0 Å². The average molecular weight is 499 g/mol. The maximum Gasteiger partial charge on any atom is 0.270 e. The number of benzene rings is 2. The molecule has 2 fully saturated rings. The first-order valence-electron chi connectivity index (χ1n) is 12.2. The predicted octanol–water partition coefficient (Wildman–Crippen LogP) is 5.61. The van der Waals surface area contributed by atoms with E-state index >= 15 is 0 Å². The zero-order valence-corrected chi connectivity index (χ0v) is 20.9. The van der Waals surface area contributed by atoms with E-state index in [2.05, 4.69) is 24.1 Å². The summed E-state index contributed by atoms with van der Waals surface area (Å²) in [5.74, 6) is 0.766. The van der Waals surface area contributed by atoms with Crippen LogP contribution in [0.3, 0.4) is 0 Å². The Morgan fingerprint density at radius 1 is 0.943 bits per heavy atom. The van der Waals surface area contributed by atoms with Crippen molar-refractivity contribution in [3.63, 3.8) is 0 Å². The van der Waals surface area contributed by atoms with Gasteiger partial charge in [-0.25, -0.2) is 0 Å². The van der Waals surface area contributed by atoms with E-state index in [-0.39, 0.29) is 22.2 Å². The maximum atomic E-state index is 13.6. The van der Waals surface area contributed by atoms with Gasteiger partial charge in [0.25, 0.3) is 17.5 Å². The minimum atomic E-state index is -0.563. The van der Waals surface area contributed by atoms with Gasteiger partial charge >= 0.3 is 0 Å². The number of nitro groups is 1. The molecule has 2 aromatic rings. The molecule has 0 unspecified atom stereocenters. The number of amides is 2. The normalized spacial score (nSPS) is 17.3. The number of nitrogens with zero attached hydrogens (tertiary/aromatic N) is 3. The lowest BCUT2D eigenvalue weighted by Crippen LogP contribution is -2.40. The van der Waals surface area contributed by atoms with Gasteiger partial charge < -0.3 is 15.1 Å². The van der Waals surface area contributed by atoms with Crippen molar-refractivity contribution < 1.29 is 14.5 Å². The second kappa shape index (κ2) is 10.6. The summed E-state index contributed by atoms with van der Waals surface area (Å²) in [4.78, 5) is 41.1. The van der Waals surface area contributed by atoms with Crippen LogP contribution in [0.15, 0.2) is 36.4 Å². The van der Waals surface area contributed by atoms with Gasteiger partial charge in [-0.1, -0.05) is 25.4 Å². The Kier molecular flexibility index (Phi) is 7.60. The van der Waals surface area contributed by atoms with Crippen molar-refractivity contribution in [1.82, 2.24) is 4.90 Å². The van der Waals surface area contributed by atoms with Gasteiger partial charge in [0.1, 0.15) is 0 Å². The molecule has 4 rings (SSSR count). The van der Waals surface area contributed by atoms with Crippen LogP contribution in [-0.2, 0) is 0 Å². The number of likely N-dealkylation sites (tertiary alicyclic amines) is 1. The van der Waals surface area contributed by atoms with Gasteiger partial charge in [0, 0.05) is 49.7 Å². The van der Waals surface area contributed by atoms with E-state index < -0.39 is 10.8 Å². The highest BCUT2D eigenvalue weighted by Gasteiger charge is 2.27. The van der Waals surface area contributed by atoms with E-state index in [1.165, 1.54) is 12.1 Å². The highest BCUT2D eigenvalue weighted by molar-refractivity contribution is 6.34. The van der Waals surface area contributed by atoms with Crippen molar-refractivity contribution in [1.29, 1.82) is 0 Å². The number of nitro benzene ring substituents is 1. The lowest BCUT2D eigenvalue weighted by molar-refractivity contribution is -0.384. The molecule has 0 saturated carbocycles. The molecule has 2 heterocycles. The SMILES string of the molecule is CC1CCN(C(=O)c2cc(NC(=O)c3ccc([N+](=O)[O-])cc3Cl)ccc2N2CCC(C)CC2)CC1. The Morgan fingerprint density at radius 2 is 1.57 bits per heavy atom. The minimum absolute atomic E-state index is 0.00510. The number of anilines is 2. The van der Waals surface area contributed by atoms with Gasteiger partial charge in [0.05, 0.1) is 21.1 Å². The van der Waals surface area contributed by atoms with Crippen molar-refractivity contribution in [2.75, 3.05) is 36.4 Å². The number of carbonyl (C=O) groups is 2. The summed E-state index contributed by atoms with van der Waals surface area (Å²) in [7, 11) is 0. The fourth-order valence-electron chi connectivity index (χ4n) is 4.69. The number of hydrogen-bond donors (Lipinski definition) is 1. The molecule has 0 spiro atoms. The van der Waals surface area contributed by atoms with Crippen LogP contribution < -0.4 is 10.2 Å². The Balaban J connectivity index is 1.61. The molecule has 2 amide bonds. The van der Waals surface area contributed by atoms with Crippen molar-refractivity contribution >= 4 is 40.5 Å². The summed E-state index contributed by atoms with van der Waals surface area (Å²) in [6.45, 7) is 7.70. The van der Waals surface area contributed by atoms with E-state index in [4.69, 9.17) is 11.6 Å². The highest BCUT2D eigenvalue weighted by Crippen LogP contribution is 2.31. The van der Waals surface area contributed by atoms with Crippen LogP contribution in [0.1, 0.15) is 60.2 Å². The van der Waals surface area contributed by atoms with E-state index in [1.807, 2.05) is 11.0 Å². The molecule has 2 aliphatic rings. The maximum absolute atomic E-state index is 13.6. The van der Waals surface area contributed by atoms with Gasteiger partial charge in [-0.2, -0.15) is 0 Å². The Hall–Kier alpha value is -3.13. The number of halogens is 1. The van der Waals surface area contributed by atoms with E-state index in [1.54, 1.807) is 12.1 Å². The first kappa shape index (κ1) is 25.0. The third kappa shape index (κ3) is 5.75. The molecule has 9 heteroatoms. The highest BCUT2D eigenvalue weighted by atomic mass is 35.5. The first-order valence-corrected chi connectivity index (χ1v) is 12.5. The molecule has 0 aliphatic carbocycles. The Bertz CT molecular complexity index is 1120. The predicted molar refractivity (Wildman–Crippen MR) is 137 cm³/mol. The summed E-state index contributed by atoms with van der Waals surface area (Å²) in [6, 6.07) is 9.17. The fraction of sp³-hybridized carbons (Fsp3) is 0.462. The van der Waals surface area contributed by atoms with Crippen LogP contribution in [0.5, 0.6) is 0 Å². The molecule has 0 atom stereocenters. The Morgan fingerprint density at radius 3 is 2.17 bits per heavy atom. The summed E-state index contributed by atoms with van der Waals surface area (Å²) in [6.07, 6.45) is 4.12. The topological polar surface area (TPSA) is 95.8 Å². The molecular weight excluding hydrogens is 468 g/mol. The van der Waals surface area contributed by atoms with Crippen LogP contribution >= 0.6 is 11.6 Å². The zero-order valence-electron chi connectivity index (χ0n) is 20.1. The quantitative estimate of drug-likeness (QED) is 0.427. The van der Waals surface area contributed by atoms with Gasteiger partial charge in [-0.05, 0) is 61.8 Å². The molecule has 0 radical (unpaired) electrons. The smallest absolute Gasteiger partial charge is 0.270 e. The summed E-state index contributed by atoms with van der Waals surface area (Å²) >= 11 is 6.14. The number of non-ortho nitro benzene ring substituents is 1. The summed E-state index contributed by atoms with van der Waals surface area (Å²) in [5, 5.41) is 13.8. The third-order valence-corrected chi connectivity index (χ3v) is 7.40. The van der Waals surface area contributed by atoms with Gasteiger partial charge in [-0.15, -0.1) is 0 Å². The molecular formula is C26H31ClN4O4. The number of nitrogens with one attached hydrogen (secondary N) is 1. The summed E-state index contributed by atoms with van der Waals surface area (Å²) in [5.41, 5.74) is 1.90. The van der Waals surface area contributed by atoms with Crippen LogP contribution in [0, 0.1) is 22.0 Å². The number of rotatable bonds is 5. The van der Waals surface area contributed by atoms with Crippen molar-refractivity contribution in [2.45, 2.75) is 39.5 Å². The number of piperidine rings is 2. The van der Waals surface area contributed by atoms with Crippen LogP contribution in [0.4, 0.5) is 17.1 Å². The molecule has 2 saturated heterocycles. The standard InChI is InChI=1S/C26H31ClN4O4/c1-17-7-11-29(12-8-17)24-6-3-19(15-22(24)26(33)30-13-9-18(2)10-14-30)28-25(32)21-5-4-20(31(34)35)16-23(21)27/h3-6,15-18H,7-14H2,1-2H3,(H,28,32). The molecule has 2 aromatic carbocycles. The average Bonchev–Trinajstić information content (AvgIpc) is 2.84. The second-order valence-corrected chi connectivity index (χ2v) is 10.2. The molecule has 0 bridgehead atoms. The number of hydrogen-bond acceptors (Lipinski definition) is 5. The minimum Gasteiger partial charge on any atom is -0.371 e. The fourth-order valence-corrected chi connectivity index (χ4v) is 4.95. The first-order chi connectivity index (χ1) is 16.7.